The van der Waals surface area contributed by atoms with E-state index < -0.39 is 23.7 Å². The lowest BCUT2D eigenvalue weighted by Crippen LogP contribution is -2.17. The Morgan fingerprint density at radius 1 is 0.800 bits per heavy atom. The van der Waals surface area contributed by atoms with Gasteiger partial charge in [0.05, 0.1) is 5.56 Å². The summed E-state index contributed by atoms with van der Waals surface area (Å²) in [6, 6.07) is 19.9. The van der Waals surface area contributed by atoms with E-state index in [-0.39, 0.29) is 11.1 Å². The molecule has 0 aliphatic carbocycles. The van der Waals surface area contributed by atoms with Crippen molar-refractivity contribution in [2.24, 2.45) is 0 Å². The van der Waals surface area contributed by atoms with Gasteiger partial charge in [-0.25, -0.2) is 8.78 Å². The maximum Gasteiger partial charge on any atom is 0.573 e. The van der Waals surface area contributed by atoms with Crippen LogP contribution in [-0.2, 0) is 6.42 Å². The summed E-state index contributed by atoms with van der Waals surface area (Å²) in [5.74, 6) is 2.54. The SMILES string of the molecule is CCCCc1ccc(-c2ccc3c(F)c(C#Cc4ccc(OC(F)(F)F)c(F)c4)ccc3c2)cc1. The van der Waals surface area contributed by atoms with Crippen LogP contribution in [0.4, 0.5) is 22.0 Å². The minimum Gasteiger partial charge on any atom is -0.403 e. The lowest BCUT2D eigenvalue weighted by Gasteiger charge is -2.09. The fourth-order valence-electron chi connectivity index (χ4n) is 3.74. The van der Waals surface area contributed by atoms with E-state index in [0.29, 0.717) is 10.8 Å². The van der Waals surface area contributed by atoms with Crippen molar-refractivity contribution < 1.29 is 26.7 Å². The van der Waals surface area contributed by atoms with Crippen molar-refractivity contribution in [2.75, 3.05) is 0 Å². The fraction of sp³-hybridized carbons (Fsp3) is 0.172. The Balaban J connectivity index is 1.57. The van der Waals surface area contributed by atoms with Gasteiger partial charge in [-0.2, -0.15) is 0 Å². The Labute approximate surface area is 200 Å². The third kappa shape index (κ3) is 5.99. The van der Waals surface area contributed by atoms with Crippen molar-refractivity contribution in [1.29, 1.82) is 0 Å². The van der Waals surface area contributed by atoms with Gasteiger partial charge in [0.15, 0.2) is 11.6 Å². The highest BCUT2D eigenvalue weighted by Crippen LogP contribution is 2.28. The number of hydrogen-bond donors (Lipinski definition) is 0. The first-order chi connectivity index (χ1) is 16.7. The van der Waals surface area contributed by atoms with Crippen LogP contribution in [0.5, 0.6) is 5.75 Å². The van der Waals surface area contributed by atoms with Gasteiger partial charge < -0.3 is 4.74 Å². The quantitative estimate of drug-likeness (QED) is 0.206. The normalized spacial score (nSPS) is 11.3. The summed E-state index contributed by atoms with van der Waals surface area (Å²) < 4.78 is 69.4. The highest BCUT2D eigenvalue weighted by molar-refractivity contribution is 5.89. The van der Waals surface area contributed by atoms with Crippen molar-refractivity contribution >= 4 is 10.8 Å². The van der Waals surface area contributed by atoms with Crippen LogP contribution in [-0.4, -0.2) is 6.36 Å². The zero-order valence-corrected chi connectivity index (χ0v) is 18.8. The molecule has 0 atom stereocenters. The number of aryl methyl sites for hydroxylation is 1. The summed E-state index contributed by atoms with van der Waals surface area (Å²) in [6.45, 7) is 2.16. The van der Waals surface area contributed by atoms with Crippen LogP contribution in [0, 0.1) is 23.5 Å². The standard InChI is InChI=1S/C29H21F5O/c1-2-3-4-19-5-9-21(10-6-19)23-14-15-25-24(18-23)13-12-22(28(25)31)11-7-20-8-16-27(26(30)17-20)35-29(32,33)34/h5-6,8-10,12-18H,2-4H2,1H3. The first-order valence-corrected chi connectivity index (χ1v) is 11.1. The molecule has 0 aliphatic rings. The van der Waals surface area contributed by atoms with E-state index in [1.807, 2.05) is 12.1 Å². The molecule has 0 fully saturated rings. The molecule has 0 spiro atoms. The van der Waals surface area contributed by atoms with Crippen LogP contribution in [0.25, 0.3) is 21.9 Å². The van der Waals surface area contributed by atoms with Gasteiger partial charge in [0.2, 0.25) is 0 Å². The van der Waals surface area contributed by atoms with Gasteiger partial charge in [-0.3, -0.25) is 0 Å². The second-order valence-corrected chi connectivity index (χ2v) is 8.11. The van der Waals surface area contributed by atoms with Crippen LogP contribution < -0.4 is 4.74 Å². The van der Waals surface area contributed by atoms with Gasteiger partial charge in [-0.05, 0) is 65.3 Å². The number of hydrogen-bond acceptors (Lipinski definition) is 1. The number of rotatable bonds is 5. The molecule has 4 aromatic rings. The van der Waals surface area contributed by atoms with Gasteiger partial charge in [0, 0.05) is 10.9 Å². The molecular formula is C29H21F5O. The van der Waals surface area contributed by atoms with Crippen molar-refractivity contribution in [3.63, 3.8) is 0 Å². The van der Waals surface area contributed by atoms with E-state index >= 15 is 4.39 Å². The first-order valence-electron chi connectivity index (χ1n) is 11.1. The second-order valence-electron chi connectivity index (χ2n) is 8.11. The molecule has 1 nitrogen and oxygen atoms in total. The van der Waals surface area contributed by atoms with Crippen LogP contribution in [0.1, 0.15) is 36.5 Å². The Morgan fingerprint density at radius 3 is 2.23 bits per heavy atom. The second kappa shape index (κ2) is 10.2. The molecule has 0 saturated heterocycles. The number of benzene rings is 4. The molecule has 35 heavy (non-hydrogen) atoms. The van der Waals surface area contributed by atoms with E-state index in [0.717, 1.165) is 42.5 Å². The average Bonchev–Trinajstić information content (AvgIpc) is 2.83. The van der Waals surface area contributed by atoms with E-state index in [2.05, 4.69) is 47.8 Å². The number of halogens is 5. The lowest BCUT2D eigenvalue weighted by molar-refractivity contribution is -0.275. The number of fused-ring (bicyclic) bond motifs is 1. The molecule has 0 aliphatic heterocycles. The van der Waals surface area contributed by atoms with Crippen molar-refractivity contribution in [1.82, 2.24) is 0 Å². The third-order valence-electron chi connectivity index (χ3n) is 5.56. The highest BCUT2D eigenvalue weighted by atomic mass is 19.4. The Morgan fingerprint density at radius 2 is 1.54 bits per heavy atom. The maximum absolute atomic E-state index is 15.1. The third-order valence-corrected chi connectivity index (χ3v) is 5.56. The highest BCUT2D eigenvalue weighted by Gasteiger charge is 2.32. The van der Waals surface area contributed by atoms with E-state index in [1.54, 1.807) is 12.1 Å². The molecular weight excluding hydrogens is 459 g/mol. The molecule has 6 heteroatoms. The summed E-state index contributed by atoms with van der Waals surface area (Å²) in [5, 5.41) is 1.10. The van der Waals surface area contributed by atoms with E-state index in [9.17, 15) is 17.6 Å². The molecule has 0 saturated carbocycles. The topological polar surface area (TPSA) is 9.23 Å². The molecule has 4 aromatic carbocycles. The number of ether oxygens (including phenoxy) is 1. The molecule has 0 amide bonds. The van der Waals surface area contributed by atoms with E-state index in [1.165, 1.54) is 17.7 Å². The Hall–Kier alpha value is -3.85. The molecule has 0 bridgehead atoms. The van der Waals surface area contributed by atoms with Crippen LogP contribution in [0.3, 0.4) is 0 Å². The summed E-state index contributed by atoms with van der Waals surface area (Å²) in [7, 11) is 0. The average molecular weight is 480 g/mol. The molecule has 0 N–H and O–H groups in total. The monoisotopic (exact) mass is 480 g/mol. The van der Waals surface area contributed by atoms with Crippen LogP contribution in [0.15, 0.2) is 72.8 Å². The predicted molar refractivity (Wildman–Crippen MR) is 127 cm³/mol. The van der Waals surface area contributed by atoms with Crippen LogP contribution in [0.2, 0.25) is 0 Å². The maximum atomic E-state index is 15.1. The van der Waals surface area contributed by atoms with Crippen LogP contribution >= 0.6 is 0 Å². The van der Waals surface area contributed by atoms with Gasteiger partial charge in [0.25, 0.3) is 0 Å². The lowest BCUT2D eigenvalue weighted by atomic mass is 9.98. The van der Waals surface area contributed by atoms with Crippen molar-refractivity contribution in [3.8, 4) is 28.7 Å². The fourth-order valence-corrected chi connectivity index (χ4v) is 3.74. The van der Waals surface area contributed by atoms with Gasteiger partial charge in [0.1, 0.15) is 5.82 Å². The summed E-state index contributed by atoms with van der Waals surface area (Å²) >= 11 is 0. The molecule has 178 valence electrons. The number of alkyl halides is 3. The Bertz CT molecular complexity index is 1410. The molecule has 0 aromatic heterocycles. The minimum absolute atomic E-state index is 0.0919. The Kier molecular flexibility index (Phi) is 7.07. The first kappa shape index (κ1) is 24.3. The van der Waals surface area contributed by atoms with Crippen molar-refractivity contribution in [3.05, 3.63) is 101 Å². The summed E-state index contributed by atoms with van der Waals surface area (Å²) in [4.78, 5) is 0. The summed E-state index contributed by atoms with van der Waals surface area (Å²) in [5.41, 5.74) is 3.48. The van der Waals surface area contributed by atoms with Gasteiger partial charge >= 0.3 is 6.36 Å². The van der Waals surface area contributed by atoms with Gasteiger partial charge in [-0.15, -0.1) is 13.2 Å². The number of unbranched alkanes of at least 4 members (excludes halogenated alkanes) is 1. The zero-order chi connectivity index (χ0) is 25.0. The molecule has 0 radical (unpaired) electrons. The molecule has 4 rings (SSSR count). The smallest absolute Gasteiger partial charge is 0.403 e. The van der Waals surface area contributed by atoms with E-state index in [4.69, 9.17) is 0 Å². The van der Waals surface area contributed by atoms with Crippen molar-refractivity contribution in [2.45, 2.75) is 32.5 Å². The minimum atomic E-state index is -5.00. The zero-order valence-electron chi connectivity index (χ0n) is 18.8. The largest absolute Gasteiger partial charge is 0.573 e. The molecule has 0 heterocycles. The van der Waals surface area contributed by atoms with Gasteiger partial charge in [-0.1, -0.05) is 67.6 Å². The summed E-state index contributed by atoms with van der Waals surface area (Å²) in [6.07, 6.45) is -1.67. The molecule has 0 unspecified atom stereocenters. The predicted octanol–water partition coefficient (Wildman–Crippen LogP) is 8.43.